The van der Waals surface area contributed by atoms with E-state index in [1.807, 2.05) is 61.5 Å². The minimum atomic E-state index is -4.13. The van der Waals surface area contributed by atoms with Crippen LogP contribution in [-0.2, 0) is 26.0 Å². The highest BCUT2D eigenvalue weighted by atomic mass is 32.2. The van der Waals surface area contributed by atoms with Crippen LogP contribution in [0.25, 0.3) is 20.8 Å². The van der Waals surface area contributed by atoms with E-state index in [4.69, 9.17) is 9.72 Å². The number of imide groups is 1. The van der Waals surface area contributed by atoms with Gasteiger partial charge in [0.15, 0.2) is 0 Å². The van der Waals surface area contributed by atoms with E-state index in [9.17, 15) is 18.0 Å². The first-order valence-electron chi connectivity index (χ1n) is 13.8. The maximum absolute atomic E-state index is 13.9. The first-order chi connectivity index (χ1) is 20.7. The summed E-state index contributed by atoms with van der Waals surface area (Å²) >= 11 is 1.57. The average Bonchev–Trinajstić information content (AvgIpc) is 3.57. The number of sulfonamides is 1. The van der Waals surface area contributed by atoms with Crippen molar-refractivity contribution in [1.29, 1.82) is 0 Å². The minimum Gasteiger partial charge on any atom is -0.497 e. The lowest BCUT2D eigenvalue weighted by Gasteiger charge is -2.27. The lowest BCUT2D eigenvalue weighted by molar-refractivity contribution is -0.122. The van der Waals surface area contributed by atoms with Crippen molar-refractivity contribution in [2.75, 3.05) is 18.6 Å². The Labute approximate surface area is 254 Å². The maximum Gasteiger partial charge on any atom is 0.252 e. The Balaban J connectivity index is 1.29. The van der Waals surface area contributed by atoms with E-state index in [2.05, 4.69) is 6.07 Å². The summed E-state index contributed by atoms with van der Waals surface area (Å²) in [5.41, 5.74) is 4.25. The van der Waals surface area contributed by atoms with Gasteiger partial charge in [-0.25, -0.2) is 18.3 Å². The summed E-state index contributed by atoms with van der Waals surface area (Å²) in [6, 6.07) is 27.5. The number of amides is 2. The summed E-state index contributed by atoms with van der Waals surface area (Å²) in [5, 5.41) is 0.835. The number of carbonyl (C=O) groups excluding carboxylic acids is 2. The molecule has 5 aromatic rings. The number of rotatable bonds is 9. The molecule has 1 fully saturated rings. The Hall–Kier alpha value is -4.38. The van der Waals surface area contributed by atoms with Crippen molar-refractivity contribution < 1.29 is 22.7 Å². The van der Waals surface area contributed by atoms with Crippen LogP contribution in [0, 0.1) is 6.92 Å². The molecule has 2 heterocycles. The zero-order valence-electron chi connectivity index (χ0n) is 23.6. The Morgan fingerprint density at radius 3 is 2.37 bits per heavy atom. The minimum absolute atomic E-state index is 0.0236. The number of ether oxygens (including phenoxy) is 1. The fraction of sp³-hybridized carbons (Fsp3) is 0.182. The van der Waals surface area contributed by atoms with E-state index in [0.717, 1.165) is 36.8 Å². The van der Waals surface area contributed by atoms with Gasteiger partial charge in [-0.2, -0.15) is 4.31 Å². The van der Waals surface area contributed by atoms with Crippen molar-refractivity contribution >= 4 is 49.1 Å². The van der Waals surface area contributed by atoms with Crippen LogP contribution in [0.3, 0.4) is 0 Å². The number of methoxy groups -OCH3 is 1. The number of hydrogen-bond donors (Lipinski definition) is 0. The smallest absolute Gasteiger partial charge is 0.252 e. The Morgan fingerprint density at radius 1 is 0.953 bits per heavy atom. The van der Waals surface area contributed by atoms with E-state index in [1.54, 1.807) is 35.6 Å². The highest BCUT2D eigenvalue weighted by Gasteiger charge is 2.46. The van der Waals surface area contributed by atoms with Crippen molar-refractivity contribution in [1.82, 2.24) is 9.29 Å². The third-order valence-electron chi connectivity index (χ3n) is 7.52. The topological polar surface area (TPSA) is 96.9 Å². The molecule has 10 heteroatoms. The molecule has 1 aromatic heterocycles. The van der Waals surface area contributed by atoms with Gasteiger partial charge in [-0.1, -0.05) is 36.4 Å². The molecular formula is C33H29N3O5S2. The first kappa shape index (κ1) is 28.7. The molecule has 0 aliphatic carbocycles. The SMILES string of the molecule is COc1ccc(S(=O)(=O)N(CCc2ccccc2)C2CC(=O)N(c3ccc(-c4nc5ccc(C)cc5s4)cc3)C2=O)cc1. The number of fused-ring (bicyclic) bond motifs is 1. The molecule has 0 saturated carbocycles. The van der Waals surface area contributed by atoms with Crippen LogP contribution in [0.15, 0.2) is 102 Å². The number of aryl methyl sites for hydroxylation is 1. The van der Waals surface area contributed by atoms with Gasteiger partial charge in [0.1, 0.15) is 16.8 Å². The fourth-order valence-electron chi connectivity index (χ4n) is 5.23. The zero-order chi connectivity index (χ0) is 30.1. The van der Waals surface area contributed by atoms with Crippen molar-refractivity contribution in [3.05, 3.63) is 108 Å². The molecule has 1 atom stereocenters. The van der Waals surface area contributed by atoms with Gasteiger partial charge >= 0.3 is 0 Å². The molecule has 218 valence electrons. The molecule has 8 nitrogen and oxygen atoms in total. The Kier molecular flexibility index (Phi) is 7.83. The van der Waals surface area contributed by atoms with Gasteiger partial charge in [0, 0.05) is 12.1 Å². The molecular weight excluding hydrogens is 583 g/mol. The zero-order valence-corrected chi connectivity index (χ0v) is 25.3. The lowest BCUT2D eigenvalue weighted by Crippen LogP contribution is -2.46. The molecule has 1 aliphatic heterocycles. The van der Waals surface area contributed by atoms with E-state index in [1.165, 1.54) is 23.5 Å². The third kappa shape index (κ3) is 5.69. The second-order valence-corrected chi connectivity index (χ2v) is 13.3. The van der Waals surface area contributed by atoms with Crippen LogP contribution in [0.1, 0.15) is 17.5 Å². The summed E-state index contributed by atoms with van der Waals surface area (Å²) in [7, 11) is -2.63. The van der Waals surface area contributed by atoms with E-state index >= 15 is 0 Å². The summed E-state index contributed by atoms with van der Waals surface area (Å²) in [6.07, 6.45) is 0.132. The number of nitrogens with zero attached hydrogens (tertiary/aromatic N) is 3. The standard InChI is InChI=1S/C33H29N3O5S2/c1-22-8-17-28-30(20-22)42-32(34-28)24-9-11-25(12-10-24)36-31(37)21-29(33(36)38)35(19-18-23-6-4-3-5-7-23)43(39,40)27-15-13-26(41-2)14-16-27/h3-17,20,29H,18-19,21H2,1-2H3. The van der Waals surface area contributed by atoms with Crippen molar-refractivity contribution in [2.45, 2.75) is 30.7 Å². The molecule has 4 aromatic carbocycles. The van der Waals surface area contributed by atoms with Crippen LogP contribution in [0.4, 0.5) is 5.69 Å². The predicted octanol–water partition coefficient (Wildman–Crippen LogP) is 5.85. The molecule has 0 spiro atoms. The molecule has 0 bridgehead atoms. The molecule has 0 radical (unpaired) electrons. The van der Waals surface area contributed by atoms with Gasteiger partial charge < -0.3 is 4.74 Å². The monoisotopic (exact) mass is 611 g/mol. The number of benzene rings is 4. The van der Waals surface area contributed by atoms with Crippen molar-refractivity contribution in [2.24, 2.45) is 0 Å². The lowest BCUT2D eigenvalue weighted by atomic mass is 10.1. The van der Waals surface area contributed by atoms with Crippen molar-refractivity contribution in [3.8, 4) is 16.3 Å². The van der Waals surface area contributed by atoms with Gasteiger partial charge in [0.25, 0.3) is 5.91 Å². The predicted molar refractivity (Wildman–Crippen MR) is 168 cm³/mol. The molecule has 43 heavy (non-hydrogen) atoms. The molecule has 2 amide bonds. The van der Waals surface area contributed by atoms with Crippen LogP contribution >= 0.6 is 11.3 Å². The van der Waals surface area contributed by atoms with Crippen LogP contribution in [0.5, 0.6) is 5.75 Å². The van der Waals surface area contributed by atoms with Gasteiger partial charge in [0.2, 0.25) is 15.9 Å². The number of thiazole rings is 1. The Bertz CT molecular complexity index is 1900. The van der Waals surface area contributed by atoms with Crippen LogP contribution in [-0.4, -0.2) is 49.2 Å². The second kappa shape index (κ2) is 11.7. The van der Waals surface area contributed by atoms with E-state index in [-0.39, 0.29) is 17.9 Å². The summed E-state index contributed by atoms with van der Waals surface area (Å²) in [5.74, 6) is -0.510. The molecule has 6 rings (SSSR count). The normalized spacial score (nSPS) is 15.5. The molecule has 1 saturated heterocycles. The average molecular weight is 612 g/mol. The Morgan fingerprint density at radius 2 is 1.67 bits per heavy atom. The summed E-state index contributed by atoms with van der Waals surface area (Å²) in [4.78, 5) is 32.9. The highest BCUT2D eigenvalue weighted by molar-refractivity contribution is 7.89. The number of aromatic nitrogens is 1. The van der Waals surface area contributed by atoms with E-state index in [0.29, 0.717) is 17.9 Å². The van der Waals surface area contributed by atoms with Crippen molar-refractivity contribution in [3.63, 3.8) is 0 Å². The largest absolute Gasteiger partial charge is 0.497 e. The summed E-state index contributed by atoms with van der Waals surface area (Å²) < 4.78 is 35.3. The molecule has 1 aliphatic rings. The molecule has 1 unspecified atom stereocenters. The quantitative estimate of drug-likeness (QED) is 0.194. The van der Waals surface area contributed by atoms with Gasteiger partial charge in [0.05, 0.1) is 34.3 Å². The van der Waals surface area contributed by atoms with Crippen LogP contribution in [0.2, 0.25) is 0 Å². The number of anilines is 1. The van der Waals surface area contributed by atoms with Gasteiger partial charge in [-0.3, -0.25) is 9.59 Å². The number of carbonyl (C=O) groups is 2. The van der Waals surface area contributed by atoms with Crippen LogP contribution < -0.4 is 9.64 Å². The highest BCUT2D eigenvalue weighted by Crippen LogP contribution is 2.34. The molecule has 0 N–H and O–H groups in total. The maximum atomic E-state index is 13.9. The third-order valence-corrected chi connectivity index (χ3v) is 10.5. The fourth-order valence-corrected chi connectivity index (χ4v) is 7.88. The van der Waals surface area contributed by atoms with E-state index < -0.39 is 27.9 Å². The second-order valence-electron chi connectivity index (χ2n) is 10.4. The van der Waals surface area contributed by atoms with Gasteiger partial charge in [-0.05, 0) is 85.1 Å². The summed E-state index contributed by atoms with van der Waals surface area (Å²) in [6.45, 7) is 2.07. The number of hydrogen-bond acceptors (Lipinski definition) is 7. The first-order valence-corrected chi connectivity index (χ1v) is 16.0. The van der Waals surface area contributed by atoms with Gasteiger partial charge in [-0.15, -0.1) is 11.3 Å².